The number of aromatic amines is 1. The van der Waals surface area contributed by atoms with E-state index in [2.05, 4.69) is 39.4 Å². The van der Waals surface area contributed by atoms with Crippen molar-refractivity contribution in [1.29, 1.82) is 0 Å². The van der Waals surface area contributed by atoms with E-state index < -0.39 is 0 Å². The second kappa shape index (κ2) is 8.81. The monoisotopic (exact) mass is 447 g/mol. The van der Waals surface area contributed by atoms with E-state index in [1.807, 2.05) is 47.5 Å². The number of pyridine rings is 1. The normalized spacial score (nSPS) is 15.9. The summed E-state index contributed by atoms with van der Waals surface area (Å²) in [5, 5.41) is 6.30. The minimum atomic E-state index is -0.390. The number of likely N-dealkylation sites (N-methyl/N-ethyl adjacent to an activating group) is 1. The minimum absolute atomic E-state index is 0.127. The van der Waals surface area contributed by atoms with Gasteiger partial charge in [0, 0.05) is 72.0 Å². The van der Waals surface area contributed by atoms with Crippen LogP contribution in [0, 0.1) is 0 Å². The number of carbonyl (C=O) groups is 1. The number of fused-ring (bicyclic) bond motifs is 2. The second-order valence-corrected chi connectivity index (χ2v) is 8.85. The molecule has 7 heteroatoms. The Hall–Kier alpha value is -3.09. The maximum Gasteiger partial charge on any atom is 0.245 e. The lowest BCUT2D eigenvalue weighted by atomic mass is 10.0. The number of amides is 1. The maximum atomic E-state index is 13.7. The van der Waals surface area contributed by atoms with Gasteiger partial charge in [-0.05, 0) is 42.9 Å². The Morgan fingerprint density at radius 1 is 1.12 bits per heavy atom. The van der Waals surface area contributed by atoms with Crippen molar-refractivity contribution in [2.24, 2.45) is 0 Å². The third-order valence-electron chi connectivity index (χ3n) is 6.25. The number of rotatable bonds is 5. The molecule has 32 heavy (non-hydrogen) atoms. The van der Waals surface area contributed by atoms with E-state index >= 15 is 0 Å². The van der Waals surface area contributed by atoms with E-state index in [0.717, 1.165) is 59.2 Å². The zero-order chi connectivity index (χ0) is 22.1. The van der Waals surface area contributed by atoms with E-state index in [9.17, 15) is 4.79 Å². The van der Waals surface area contributed by atoms with Gasteiger partial charge in [0.25, 0.3) is 0 Å². The molecule has 2 aromatic heterocycles. The molecule has 2 N–H and O–H groups in total. The summed E-state index contributed by atoms with van der Waals surface area (Å²) in [4.78, 5) is 25.7. The summed E-state index contributed by atoms with van der Waals surface area (Å²) in [6, 6.07) is 15.4. The van der Waals surface area contributed by atoms with Crippen molar-refractivity contribution in [3.63, 3.8) is 0 Å². The van der Waals surface area contributed by atoms with Gasteiger partial charge in [0.05, 0.1) is 5.52 Å². The van der Waals surface area contributed by atoms with Crippen LogP contribution in [-0.2, 0) is 11.2 Å². The molecule has 4 aromatic rings. The average molecular weight is 448 g/mol. The Balaban J connectivity index is 1.49. The van der Waals surface area contributed by atoms with Crippen LogP contribution in [0.2, 0.25) is 5.02 Å². The number of para-hydroxylation sites is 1. The Morgan fingerprint density at radius 3 is 2.78 bits per heavy atom. The highest BCUT2D eigenvalue weighted by atomic mass is 35.5. The first-order valence-electron chi connectivity index (χ1n) is 10.9. The van der Waals surface area contributed by atoms with E-state index in [1.165, 1.54) is 0 Å². The first-order chi connectivity index (χ1) is 15.6. The van der Waals surface area contributed by atoms with Crippen LogP contribution >= 0.6 is 11.6 Å². The number of aromatic nitrogens is 2. The predicted octanol–water partition coefficient (Wildman–Crippen LogP) is 4.17. The standard InChI is InChI=1S/C25H26ClN5O/c1-30-10-12-31(13-11-30)25(32)24(14-17-16-28-21-5-3-2-4-19(17)21)29-22-8-9-27-23-15-18(26)6-7-20(22)23/h2-9,15-16,24,28H,10-14H2,1H3,(H,27,29)/t24-/m0/s1. The molecule has 0 aliphatic carbocycles. The number of halogens is 1. The Morgan fingerprint density at radius 2 is 1.94 bits per heavy atom. The molecule has 1 fully saturated rings. The van der Waals surface area contributed by atoms with Crippen molar-refractivity contribution in [2.75, 3.05) is 38.5 Å². The molecule has 1 saturated heterocycles. The summed E-state index contributed by atoms with van der Waals surface area (Å²) in [5.74, 6) is 0.127. The van der Waals surface area contributed by atoms with Crippen LogP contribution in [0.15, 0.2) is 60.9 Å². The fourth-order valence-electron chi connectivity index (χ4n) is 4.40. The van der Waals surface area contributed by atoms with Crippen LogP contribution in [0.4, 0.5) is 5.69 Å². The van der Waals surface area contributed by atoms with Gasteiger partial charge >= 0.3 is 0 Å². The van der Waals surface area contributed by atoms with Gasteiger partial charge < -0.3 is 20.1 Å². The Labute approximate surface area is 192 Å². The third-order valence-corrected chi connectivity index (χ3v) is 6.48. The van der Waals surface area contributed by atoms with Crippen molar-refractivity contribution in [2.45, 2.75) is 12.5 Å². The molecule has 0 saturated carbocycles. The number of hydrogen-bond donors (Lipinski definition) is 2. The fourth-order valence-corrected chi connectivity index (χ4v) is 4.57. The summed E-state index contributed by atoms with van der Waals surface area (Å²) < 4.78 is 0. The molecular weight excluding hydrogens is 422 g/mol. The number of benzene rings is 2. The first kappa shape index (κ1) is 20.8. The van der Waals surface area contributed by atoms with Crippen molar-refractivity contribution in [3.8, 4) is 0 Å². The fraction of sp³-hybridized carbons (Fsp3) is 0.280. The van der Waals surface area contributed by atoms with Gasteiger partial charge in [-0.25, -0.2) is 0 Å². The molecule has 5 rings (SSSR count). The van der Waals surface area contributed by atoms with Gasteiger partial charge in [0.1, 0.15) is 6.04 Å². The summed E-state index contributed by atoms with van der Waals surface area (Å²) in [6.07, 6.45) is 4.36. The highest BCUT2D eigenvalue weighted by Crippen LogP contribution is 2.27. The third kappa shape index (κ3) is 4.16. The first-order valence-corrected chi connectivity index (χ1v) is 11.3. The van der Waals surface area contributed by atoms with E-state index in [0.29, 0.717) is 11.4 Å². The van der Waals surface area contributed by atoms with Gasteiger partial charge in [-0.1, -0.05) is 29.8 Å². The largest absolute Gasteiger partial charge is 0.373 e. The number of nitrogens with one attached hydrogen (secondary N) is 2. The Kier molecular flexibility index (Phi) is 5.72. The topological polar surface area (TPSA) is 64.3 Å². The quantitative estimate of drug-likeness (QED) is 0.482. The lowest BCUT2D eigenvalue weighted by Crippen LogP contribution is -2.52. The molecule has 0 radical (unpaired) electrons. The molecule has 3 heterocycles. The van der Waals surface area contributed by atoms with Crippen LogP contribution in [0.1, 0.15) is 5.56 Å². The van der Waals surface area contributed by atoms with Crippen LogP contribution in [0.25, 0.3) is 21.8 Å². The molecule has 0 bridgehead atoms. The molecule has 1 aliphatic heterocycles. The smallest absolute Gasteiger partial charge is 0.245 e. The number of anilines is 1. The highest BCUT2D eigenvalue weighted by molar-refractivity contribution is 6.31. The molecule has 0 spiro atoms. The number of nitrogens with zero attached hydrogens (tertiary/aromatic N) is 3. The van der Waals surface area contributed by atoms with Gasteiger partial charge in [-0.3, -0.25) is 9.78 Å². The van der Waals surface area contributed by atoms with Crippen LogP contribution in [0.5, 0.6) is 0 Å². The van der Waals surface area contributed by atoms with Crippen LogP contribution < -0.4 is 5.32 Å². The van der Waals surface area contributed by atoms with Crippen molar-refractivity contribution < 1.29 is 4.79 Å². The molecule has 6 nitrogen and oxygen atoms in total. The molecule has 1 aliphatic rings. The molecule has 164 valence electrons. The molecule has 2 aromatic carbocycles. The molecule has 0 unspecified atom stereocenters. The van der Waals surface area contributed by atoms with Crippen molar-refractivity contribution >= 4 is 45.0 Å². The number of piperazine rings is 1. The summed E-state index contributed by atoms with van der Waals surface area (Å²) in [7, 11) is 2.09. The van der Waals surface area contributed by atoms with Crippen molar-refractivity contribution in [3.05, 3.63) is 71.5 Å². The van der Waals surface area contributed by atoms with Crippen LogP contribution in [-0.4, -0.2) is 64.9 Å². The number of H-pyrrole nitrogens is 1. The highest BCUT2D eigenvalue weighted by Gasteiger charge is 2.28. The second-order valence-electron chi connectivity index (χ2n) is 8.41. The predicted molar refractivity (Wildman–Crippen MR) is 130 cm³/mol. The van der Waals surface area contributed by atoms with E-state index in [4.69, 9.17) is 11.6 Å². The van der Waals surface area contributed by atoms with Gasteiger partial charge in [-0.2, -0.15) is 0 Å². The average Bonchev–Trinajstić information content (AvgIpc) is 3.21. The maximum absolute atomic E-state index is 13.7. The minimum Gasteiger partial charge on any atom is -0.373 e. The number of carbonyl (C=O) groups excluding carboxylic acids is 1. The molecular formula is C25H26ClN5O. The summed E-state index contributed by atoms with van der Waals surface area (Å²) in [6.45, 7) is 3.27. The SMILES string of the molecule is CN1CCN(C(=O)[C@H](Cc2c[nH]c3ccccc23)Nc2ccnc3cc(Cl)ccc23)CC1. The van der Waals surface area contributed by atoms with Crippen molar-refractivity contribution in [1.82, 2.24) is 19.8 Å². The molecule has 1 amide bonds. The van der Waals surface area contributed by atoms with Gasteiger partial charge in [-0.15, -0.1) is 0 Å². The number of hydrogen-bond acceptors (Lipinski definition) is 4. The zero-order valence-corrected chi connectivity index (χ0v) is 18.8. The lowest BCUT2D eigenvalue weighted by molar-refractivity contribution is -0.133. The summed E-state index contributed by atoms with van der Waals surface area (Å²) in [5.41, 5.74) is 3.90. The van der Waals surface area contributed by atoms with Crippen LogP contribution in [0.3, 0.4) is 0 Å². The van der Waals surface area contributed by atoms with E-state index in [1.54, 1.807) is 6.20 Å². The van der Waals surface area contributed by atoms with E-state index in [-0.39, 0.29) is 11.9 Å². The lowest BCUT2D eigenvalue weighted by Gasteiger charge is -2.35. The molecule has 1 atom stereocenters. The Bertz CT molecular complexity index is 1260. The zero-order valence-electron chi connectivity index (χ0n) is 18.0. The van der Waals surface area contributed by atoms with Gasteiger partial charge in [0.15, 0.2) is 0 Å². The summed E-state index contributed by atoms with van der Waals surface area (Å²) >= 11 is 6.16. The van der Waals surface area contributed by atoms with Gasteiger partial charge in [0.2, 0.25) is 5.91 Å².